The third-order valence-corrected chi connectivity index (χ3v) is 3.86. The van der Waals surface area contributed by atoms with Crippen molar-refractivity contribution >= 4 is 17.0 Å². The summed E-state index contributed by atoms with van der Waals surface area (Å²) in [5.74, 6) is 1.17. The molecule has 0 radical (unpaired) electrons. The Morgan fingerprint density at radius 2 is 2.11 bits per heavy atom. The first-order chi connectivity index (χ1) is 8.86. The number of aliphatic hydroxyl groups excluding tert-OH is 1. The molecule has 0 saturated heterocycles. The highest BCUT2D eigenvalue weighted by Gasteiger charge is 2.24. The van der Waals surface area contributed by atoms with Crippen molar-refractivity contribution in [1.82, 2.24) is 9.97 Å². The fourth-order valence-corrected chi connectivity index (χ4v) is 2.81. The van der Waals surface area contributed by atoms with Crippen LogP contribution in [0.25, 0.3) is 11.0 Å². The molecule has 96 valence electrons. The summed E-state index contributed by atoms with van der Waals surface area (Å²) < 4.78 is 0. The van der Waals surface area contributed by atoms with Gasteiger partial charge < -0.3 is 15.4 Å². The minimum Gasteiger partial charge on any atom is -0.396 e. The van der Waals surface area contributed by atoms with Crippen LogP contribution in [0.15, 0.2) is 24.3 Å². The average Bonchev–Trinajstić information content (AvgIpc) is 2.81. The maximum absolute atomic E-state index is 9.41. The van der Waals surface area contributed by atoms with Crippen LogP contribution in [0, 0.1) is 5.92 Å². The first-order valence-corrected chi connectivity index (χ1v) is 6.69. The lowest BCUT2D eigenvalue weighted by molar-refractivity contribution is 0.178. The lowest BCUT2D eigenvalue weighted by Gasteiger charge is -2.30. The molecule has 1 aromatic carbocycles. The molecule has 2 unspecified atom stereocenters. The van der Waals surface area contributed by atoms with Gasteiger partial charge in [0.05, 0.1) is 11.0 Å². The van der Waals surface area contributed by atoms with Crippen LogP contribution in [0.5, 0.6) is 0 Å². The summed E-state index contributed by atoms with van der Waals surface area (Å²) in [4.78, 5) is 7.81. The number of fused-ring (bicyclic) bond motifs is 1. The zero-order valence-electron chi connectivity index (χ0n) is 10.4. The minimum absolute atomic E-state index is 0.262. The quantitative estimate of drug-likeness (QED) is 0.778. The summed E-state index contributed by atoms with van der Waals surface area (Å²) in [6.45, 7) is 0.262. The number of H-pyrrole nitrogens is 1. The van der Waals surface area contributed by atoms with Gasteiger partial charge in [0.2, 0.25) is 5.95 Å². The summed E-state index contributed by atoms with van der Waals surface area (Å²) in [7, 11) is 0. The van der Waals surface area contributed by atoms with Gasteiger partial charge >= 0.3 is 0 Å². The number of hydrogen-bond acceptors (Lipinski definition) is 3. The molecule has 0 spiro atoms. The second-order valence-electron chi connectivity index (χ2n) is 5.08. The molecule has 2 aromatic rings. The van der Waals surface area contributed by atoms with Crippen LogP contribution < -0.4 is 5.32 Å². The third kappa shape index (κ3) is 2.20. The number of aliphatic hydroxyl groups is 1. The second kappa shape index (κ2) is 4.98. The van der Waals surface area contributed by atoms with Crippen molar-refractivity contribution in [3.05, 3.63) is 24.3 Å². The lowest BCUT2D eigenvalue weighted by Crippen LogP contribution is -2.34. The number of aromatic amines is 1. The number of rotatable bonds is 3. The van der Waals surface area contributed by atoms with Gasteiger partial charge in [-0.3, -0.25) is 0 Å². The normalized spacial score (nSPS) is 24.3. The number of benzene rings is 1. The van der Waals surface area contributed by atoms with Gasteiger partial charge in [0.1, 0.15) is 0 Å². The molecule has 0 bridgehead atoms. The van der Waals surface area contributed by atoms with Gasteiger partial charge in [0.15, 0.2) is 0 Å². The number of anilines is 1. The summed E-state index contributed by atoms with van der Waals surface area (Å²) in [5.41, 5.74) is 2.03. The molecule has 4 heteroatoms. The Balaban J connectivity index is 1.78. The van der Waals surface area contributed by atoms with Crippen LogP contribution in [0.1, 0.15) is 25.7 Å². The molecular formula is C14H19N3O. The molecule has 4 nitrogen and oxygen atoms in total. The third-order valence-electron chi connectivity index (χ3n) is 3.86. The molecule has 0 aliphatic heterocycles. The zero-order chi connectivity index (χ0) is 12.4. The van der Waals surface area contributed by atoms with Crippen LogP contribution in [-0.2, 0) is 0 Å². The van der Waals surface area contributed by atoms with Crippen molar-refractivity contribution < 1.29 is 5.11 Å². The van der Waals surface area contributed by atoms with Gasteiger partial charge in [-0.2, -0.15) is 0 Å². The standard InChI is InChI=1S/C14H19N3O/c18-9-10-5-1-2-6-11(10)15-14-16-12-7-3-4-8-13(12)17-14/h3-4,7-8,10-11,18H,1-2,5-6,9H2,(H2,15,16,17). The first-order valence-electron chi connectivity index (χ1n) is 6.69. The predicted octanol–water partition coefficient (Wildman–Crippen LogP) is 2.53. The van der Waals surface area contributed by atoms with Gasteiger partial charge in [-0.05, 0) is 25.0 Å². The summed E-state index contributed by atoms with van der Waals surface area (Å²) in [6, 6.07) is 8.36. The number of para-hydroxylation sites is 2. The van der Waals surface area contributed by atoms with E-state index in [1.165, 1.54) is 12.8 Å². The van der Waals surface area contributed by atoms with E-state index in [4.69, 9.17) is 0 Å². The molecule has 3 N–H and O–H groups in total. The van der Waals surface area contributed by atoms with Crippen molar-refractivity contribution in [2.45, 2.75) is 31.7 Å². The fourth-order valence-electron chi connectivity index (χ4n) is 2.81. The van der Waals surface area contributed by atoms with Gasteiger partial charge in [-0.15, -0.1) is 0 Å². The van der Waals surface area contributed by atoms with E-state index < -0.39 is 0 Å². The van der Waals surface area contributed by atoms with E-state index in [9.17, 15) is 5.11 Å². The second-order valence-corrected chi connectivity index (χ2v) is 5.08. The van der Waals surface area contributed by atoms with Crippen LogP contribution in [-0.4, -0.2) is 27.7 Å². The van der Waals surface area contributed by atoms with Gasteiger partial charge in [-0.1, -0.05) is 25.0 Å². The number of hydrogen-bond donors (Lipinski definition) is 3. The van der Waals surface area contributed by atoms with E-state index in [2.05, 4.69) is 15.3 Å². The summed E-state index contributed by atoms with van der Waals surface area (Å²) >= 11 is 0. The van der Waals surface area contributed by atoms with Crippen LogP contribution in [0.2, 0.25) is 0 Å². The van der Waals surface area contributed by atoms with Crippen molar-refractivity contribution in [3.8, 4) is 0 Å². The van der Waals surface area contributed by atoms with Crippen molar-refractivity contribution in [1.29, 1.82) is 0 Å². The number of nitrogens with one attached hydrogen (secondary N) is 2. The number of nitrogens with zero attached hydrogens (tertiary/aromatic N) is 1. The van der Waals surface area contributed by atoms with Gasteiger partial charge in [0, 0.05) is 18.6 Å². The van der Waals surface area contributed by atoms with Crippen molar-refractivity contribution in [2.24, 2.45) is 5.92 Å². The number of aromatic nitrogens is 2. The smallest absolute Gasteiger partial charge is 0.201 e. The fraction of sp³-hybridized carbons (Fsp3) is 0.500. The molecular weight excluding hydrogens is 226 g/mol. The average molecular weight is 245 g/mol. The minimum atomic E-state index is 0.262. The molecule has 0 amide bonds. The molecule has 1 aromatic heterocycles. The van der Waals surface area contributed by atoms with Crippen LogP contribution in [0.4, 0.5) is 5.95 Å². The van der Waals surface area contributed by atoms with Crippen molar-refractivity contribution in [3.63, 3.8) is 0 Å². The lowest BCUT2D eigenvalue weighted by atomic mass is 9.85. The molecule has 1 aliphatic carbocycles. The van der Waals surface area contributed by atoms with E-state index >= 15 is 0 Å². The van der Waals surface area contributed by atoms with Gasteiger partial charge in [0.25, 0.3) is 0 Å². The van der Waals surface area contributed by atoms with E-state index in [-0.39, 0.29) is 6.61 Å². The molecule has 3 rings (SSSR count). The zero-order valence-corrected chi connectivity index (χ0v) is 10.4. The molecule has 1 saturated carbocycles. The Labute approximate surface area is 106 Å². The van der Waals surface area contributed by atoms with E-state index in [0.717, 1.165) is 29.8 Å². The highest BCUT2D eigenvalue weighted by molar-refractivity contribution is 5.77. The highest BCUT2D eigenvalue weighted by atomic mass is 16.3. The Kier molecular flexibility index (Phi) is 3.19. The van der Waals surface area contributed by atoms with E-state index in [1.807, 2.05) is 24.3 Å². The Morgan fingerprint density at radius 1 is 1.28 bits per heavy atom. The van der Waals surface area contributed by atoms with E-state index in [1.54, 1.807) is 0 Å². The Morgan fingerprint density at radius 3 is 2.94 bits per heavy atom. The van der Waals surface area contributed by atoms with Gasteiger partial charge in [-0.25, -0.2) is 4.98 Å². The number of imidazole rings is 1. The van der Waals surface area contributed by atoms with Crippen molar-refractivity contribution in [2.75, 3.05) is 11.9 Å². The molecule has 1 heterocycles. The molecule has 1 fully saturated rings. The molecule has 18 heavy (non-hydrogen) atoms. The predicted molar refractivity (Wildman–Crippen MR) is 72.5 cm³/mol. The largest absolute Gasteiger partial charge is 0.396 e. The Hall–Kier alpha value is -1.55. The summed E-state index contributed by atoms with van der Waals surface area (Å²) in [5, 5.41) is 12.9. The SMILES string of the molecule is OCC1CCCCC1Nc1nc2ccccc2[nH]1. The molecule has 2 atom stereocenters. The monoisotopic (exact) mass is 245 g/mol. The highest BCUT2D eigenvalue weighted by Crippen LogP contribution is 2.26. The maximum atomic E-state index is 9.41. The van der Waals surface area contributed by atoms with Crippen LogP contribution in [0.3, 0.4) is 0 Å². The van der Waals surface area contributed by atoms with E-state index in [0.29, 0.717) is 12.0 Å². The maximum Gasteiger partial charge on any atom is 0.201 e. The Bertz CT molecular complexity index is 489. The van der Waals surface area contributed by atoms with Crippen LogP contribution >= 0.6 is 0 Å². The topological polar surface area (TPSA) is 60.9 Å². The molecule has 1 aliphatic rings. The summed E-state index contributed by atoms with van der Waals surface area (Å²) in [6.07, 6.45) is 4.68. The first kappa shape index (κ1) is 11.5.